The molecule has 4 N–H and O–H groups in total. The summed E-state index contributed by atoms with van der Waals surface area (Å²) >= 11 is 0. The zero-order valence-electron chi connectivity index (χ0n) is 7.28. The molecule has 0 saturated heterocycles. The Kier molecular flexibility index (Phi) is 2.85. The van der Waals surface area contributed by atoms with E-state index in [1.54, 1.807) is 0 Å². The van der Waals surface area contributed by atoms with Crippen LogP contribution >= 0.6 is 0 Å². The normalized spacial score (nSPS) is 14.0. The Morgan fingerprint density at radius 1 is 1.13 bits per heavy atom. The highest BCUT2D eigenvalue weighted by Gasteiger charge is 2.41. The molecular weight excluding hydrogens is 219 g/mol. The van der Waals surface area contributed by atoms with Crippen molar-refractivity contribution in [3.63, 3.8) is 0 Å². The largest absolute Gasteiger partial charge is 0.407 e. The summed E-state index contributed by atoms with van der Waals surface area (Å²) in [6.45, 7) is 0. The molecule has 84 valence electrons. The van der Waals surface area contributed by atoms with Crippen LogP contribution in [-0.4, -0.2) is 6.18 Å². The Morgan fingerprint density at radius 3 is 2.13 bits per heavy atom. The predicted molar refractivity (Wildman–Crippen MR) is 43.8 cm³/mol. The third-order valence-electron chi connectivity index (χ3n) is 1.83. The van der Waals surface area contributed by atoms with Crippen molar-refractivity contribution < 1.29 is 22.0 Å². The first-order chi connectivity index (χ1) is 6.75. The fourth-order valence-electron chi connectivity index (χ4n) is 1.06. The van der Waals surface area contributed by atoms with E-state index in [2.05, 4.69) is 0 Å². The quantitative estimate of drug-likeness (QED) is 0.569. The van der Waals surface area contributed by atoms with Crippen LogP contribution in [0.5, 0.6) is 0 Å². The first-order valence-corrected chi connectivity index (χ1v) is 3.80. The van der Waals surface area contributed by atoms with Crippen LogP contribution in [0.1, 0.15) is 11.6 Å². The minimum atomic E-state index is -4.87. The molecule has 0 aromatic heterocycles. The molecule has 15 heavy (non-hydrogen) atoms. The van der Waals surface area contributed by atoms with E-state index in [1.807, 2.05) is 0 Å². The van der Waals surface area contributed by atoms with Crippen molar-refractivity contribution in [1.29, 1.82) is 0 Å². The van der Waals surface area contributed by atoms with Crippen molar-refractivity contribution in [2.75, 3.05) is 5.73 Å². The number of nitrogens with two attached hydrogens (primary N) is 2. The van der Waals surface area contributed by atoms with Gasteiger partial charge >= 0.3 is 6.18 Å². The fourth-order valence-corrected chi connectivity index (χ4v) is 1.06. The van der Waals surface area contributed by atoms with E-state index in [9.17, 15) is 22.0 Å². The topological polar surface area (TPSA) is 52.0 Å². The van der Waals surface area contributed by atoms with Crippen LogP contribution in [-0.2, 0) is 0 Å². The molecule has 0 amide bonds. The SMILES string of the molecule is Nc1ccc(F)c(F)c1[C@H](N)C(F)(F)F. The van der Waals surface area contributed by atoms with E-state index in [1.165, 1.54) is 0 Å². The second kappa shape index (κ2) is 3.65. The van der Waals surface area contributed by atoms with Gasteiger partial charge in [0.15, 0.2) is 11.6 Å². The summed E-state index contributed by atoms with van der Waals surface area (Å²) in [4.78, 5) is 0. The number of benzene rings is 1. The second-order valence-corrected chi connectivity index (χ2v) is 2.88. The molecule has 0 spiro atoms. The molecule has 0 radical (unpaired) electrons. The van der Waals surface area contributed by atoms with E-state index >= 15 is 0 Å². The van der Waals surface area contributed by atoms with E-state index in [-0.39, 0.29) is 0 Å². The molecule has 1 rings (SSSR count). The van der Waals surface area contributed by atoms with Crippen LogP contribution in [0.4, 0.5) is 27.6 Å². The summed E-state index contributed by atoms with van der Waals surface area (Å²) in [5.41, 5.74) is 8.24. The molecule has 1 atom stereocenters. The summed E-state index contributed by atoms with van der Waals surface area (Å²) < 4.78 is 62.1. The number of alkyl halides is 3. The predicted octanol–water partition coefficient (Wildman–Crippen LogP) is 2.11. The lowest BCUT2D eigenvalue weighted by atomic mass is 10.0. The Balaban J connectivity index is 3.31. The molecular formula is C8H7F5N2. The summed E-state index contributed by atoms with van der Waals surface area (Å²) in [5, 5.41) is 0. The van der Waals surface area contributed by atoms with Gasteiger partial charge in [-0.15, -0.1) is 0 Å². The van der Waals surface area contributed by atoms with Crippen LogP contribution in [0, 0.1) is 11.6 Å². The van der Waals surface area contributed by atoms with E-state index in [0.717, 1.165) is 6.07 Å². The molecule has 1 aromatic carbocycles. The van der Waals surface area contributed by atoms with E-state index < -0.39 is 35.1 Å². The lowest BCUT2D eigenvalue weighted by molar-refractivity contribution is -0.149. The summed E-state index contributed by atoms with van der Waals surface area (Å²) in [6.07, 6.45) is -4.87. The number of hydrogen-bond donors (Lipinski definition) is 2. The van der Waals surface area contributed by atoms with Crippen LogP contribution in [0.15, 0.2) is 12.1 Å². The van der Waals surface area contributed by atoms with Crippen molar-refractivity contribution in [2.45, 2.75) is 12.2 Å². The molecule has 1 aromatic rings. The van der Waals surface area contributed by atoms with Gasteiger partial charge in [0.25, 0.3) is 0 Å². The Morgan fingerprint density at radius 2 is 1.67 bits per heavy atom. The molecule has 0 bridgehead atoms. The van der Waals surface area contributed by atoms with Crippen LogP contribution in [0.2, 0.25) is 0 Å². The van der Waals surface area contributed by atoms with E-state index in [4.69, 9.17) is 11.5 Å². The van der Waals surface area contributed by atoms with Gasteiger partial charge in [-0.1, -0.05) is 0 Å². The smallest absolute Gasteiger partial charge is 0.398 e. The maximum atomic E-state index is 13.0. The highest BCUT2D eigenvalue weighted by molar-refractivity contribution is 5.49. The van der Waals surface area contributed by atoms with Gasteiger partial charge < -0.3 is 11.5 Å². The maximum Gasteiger partial charge on any atom is 0.407 e. The zero-order valence-corrected chi connectivity index (χ0v) is 7.28. The van der Waals surface area contributed by atoms with Crippen molar-refractivity contribution >= 4 is 5.69 Å². The Labute approximate surface area is 81.7 Å². The first-order valence-electron chi connectivity index (χ1n) is 3.80. The van der Waals surface area contributed by atoms with Crippen molar-refractivity contribution in [1.82, 2.24) is 0 Å². The van der Waals surface area contributed by atoms with Crippen molar-refractivity contribution in [2.24, 2.45) is 5.73 Å². The molecule has 0 aliphatic rings. The molecule has 2 nitrogen and oxygen atoms in total. The standard InChI is InChI=1S/C8H7F5N2/c9-3-1-2-4(14)5(6(3)10)7(15)8(11,12)13/h1-2,7H,14-15H2/t7-/m0/s1. The average molecular weight is 226 g/mol. The van der Waals surface area contributed by atoms with Gasteiger partial charge in [0.2, 0.25) is 0 Å². The van der Waals surface area contributed by atoms with Crippen LogP contribution in [0.25, 0.3) is 0 Å². The number of rotatable bonds is 1. The Hall–Kier alpha value is -1.37. The van der Waals surface area contributed by atoms with Gasteiger partial charge in [0, 0.05) is 11.3 Å². The highest BCUT2D eigenvalue weighted by Crippen LogP contribution is 2.35. The zero-order chi connectivity index (χ0) is 11.8. The van der Waals surface area contributed by atoms with Crippen molar-refractivity contribution in [3.05, 3.63) is 29.3 Å². The minimum absolute atomic E-state index is 0.529. The van der Waals surface area contributed by atoms with Gasteiger partial charge in [0.05, 0.1) is 0 Å². The second-order valence-electron chi connectivity index (χ2n) is 2.88. The van der Waals surface area contributed by atoms with Gasteiger partial charge in [-0.3, -0.25) is 0 Å². The third kappa shape index (κ3) is 2.17. The number of halogens is 5. The number of hydrogen-bond acceptors (Lipinski definition) is 2. The third-order valence-corrected chi connectivity index (χ3v) is 1.83. The van der Waals surface area contributed by atoms with Crippen molar-refractivity contribution in [3.8, 4) is 0 Å². The average Bonchev–Trinajstić information content (AvgIpc) is 2.10. The number of nitrogen functional groups attached to an aromatic ring is 1. The first kappa shape index (κ1) is 11.7. The molecule has 0 aliphatic carbocycles. The lowest BCUT2D eigenvalue weighted by Crippen LogP contribution is -2.30. The molecule has 7 heteroatoms. The van der Waals surface area contributed by atoms with Gasteiger partial charge in [-0.05, 0) is 12.1 Å². The summed E-state index contributed by atoms with van der Waals surface area (Å²) in [5.74, 6) is -3.08. The monoisotopic (exact) mass is 226 g/mol. The minimum Gasteiger partial charge on any atom is -0.398 e. The van der Waals surface area contributed by atoms with Crippen LogP contribution < -0.4 is 11.5 Å². The summed E-state index contributed by atoms with van der Waals surface area (Å²) in [6, 6.07) is -1.16. The van der Waals surface area contributed by atoms with Gasteiger partial charge in [-0.25, -0.2) is 8.78 Å². The van der Waals surface area contributed by atoms with Crippen LogP contribution in [0.3, 0.4) is 0 Å². The van der Waals surface area contributed by atoms with Gasteiger partial charge in [0.1, 0.15) is 6.04 Å². The van der Waals surface area contributed by atoms with Gasteiger partial charge in [-0.2, -0.15) is 13.2 Å². The van der Waals surface area contributed by atoms with E-state index in [0.29, 0.717) is 6.07 Å². The highest BCUT2D eigenvalue weighted by atomic mass is 19.4. The number of anilines is 1. The molecule has 0 heterocycles. The molecule has 0 unspecified atom stereocenters. The lowest BCUT2D eigenvalue weighted by Gasteiger charge is -2.18. The summed E-state index contributed by atoms with van der Waals surface area (Å²) in [7, 11) is 0. The maximum absolute atomic E-state index is 13.0. The molecule has 0 fully saturated rings. The molecule has 0 aliphatic heterocycles. The Bertz CT molecular complexity index is 374. The molecule has 0 saturated carbocycles. The fraction of sp³-hybridized carbons (Fsp3) is 0.250.